The molecule has 0 amide bonds. The molecule has 1 atom stereocenters. The molecule has 0 radical (unpaired) electrons. The molecule has 1 saturated carbocycles. The third-order valence-corrected chi connectivity index (χ3v) is 3.66. The van der Waals surface area contributed by atoms with E-state index in [1.807, 2.05) is 13.0 Å². The Morgan fingerprint density at radius 1 is 1.39 bits per heavy atom. The fourth-order valence-corrected chi connectivity index (χ4v) is 2.43. The van der Waals surface area contributed by atoms with Crippen LogP contribution >= 0.6 is 0 Å². The maximum absolute atomic E-state index is 11.0. The summed E-state index contributed by atoms with van der Waals surface area (Å²) >= 11 is 0. The van der Waals surface area contributed by atoms with Crippen LogP contribution in [0.15, 0.2) is 6.07 Å². The molecule has 3 rings (SSSR count). The highest BCUT2D eigenvalue weighted by Gasteiger charge is 2.31. The Morgan fingerprint density at radius 3 is 2.78 bits per heavy atom. The van der Waals surface area contributed by atoms with Crippen molar-refractivity contribution in [2.45, 2.75) is 32.1 Å². The minimum atomic E-state index is -0.703. The number of carboxylic acid groups (broad SMARTS) is 1. The average Bonchev–Trinajstić information content (AvgIpc) is 3.05. The number of hydrogen-bond acceptors (Lipinski definition) is 4. The molecular weight excluding hydrogens is 230 g/mol. The van der Waals surface area contributed by atoms with Gasteiger partial charge in [0.05, 0.1) is 5.92 Å². The summed E-state index contributed by atoms with van der Waals surface area (Å²) in [5.74, 6) is 1.40. The van der Waals surface area contributed by atoms with Crippen LogP contribution in [-0.2, 0) is 4.79 Å². The Morgan fingerprint density at radius 2 is 2.17 bits per heavy atom. The van der Waals surface area contributed by atoms with Crippen LogP contribution < -0.4 is 4.90 Å². The van der Waals surface area contributed by atoms with Crippen molar-refractivity contribution in [1.82, 2.24) is 9.97 Å². The first kappa shape index (κ1) is 11.4. The summed E-state index contributed by atoms with van der Waals surface area (Å²) in [6.45, 7) is 3.31. The number of hydrogen-bond donors (Lipinski definition) is 1. The fraction of sp³-hybridized carbons (Fsp3) is 0.615. The Bertz CT molecular complexity index is 485. The maximum atomic E-state index is 11.0. The summed E-state index contributed by atoms with van der Waals surface area (Å²) in [5, 5.41) is 9.03. The van der Waals surface area contributed by atoms with Crippen molar-refractivity contribution in [2.24, 2.45) is 5.92 Å². The van der Waals surface area contributed by atoms with E-state index in [0.717, 1.165) is 23.9 Å². The monoisotopic (exact) mass is 247 g/mol. The number of rotatable bonds is 3. The lowest BCUT2D eigenvalue weighted by molar-refractivity contribution is -0.140. The first-order valence-corrected chi connectivity index (χ1v) is 6.47. The van der Waals surface area contributed by atoms with Crippen LogP contribution in [0.3, 0.4) is 0 Å². The molecule has 1 aromatic heterocycles. The molecule has 5 heteroatoms. The van der Waals surface area contributed by atoms with E-state index in [0.29, 0.717) is 18.9 Å². The zero-order chi connectivity index (χ0) is 12.7. The summed E-state index contributed by atoms with van der Waals surface area (Å²) in [4.78, 5) is 22.1. The maximum Gasteiger partial charge on any atom is 0.308 e. The summed E-state index contributed by atoms with van der Waals surface area (Å²) in [5.41, 5.74) is 0.973. The highest BCUT2D eigenvalue weighted by molar-refractivity contribution is 5.71. The Labute approximate surface area is 106 Å². The van der Waals surface area contributed by atoms with E-state index in [-0.39, 0.29) is 5.92 Å². The molecule has 18 heavy (non-hydrogen) atoms. The highest BCUT2D eigenvalue weighted by atomic mass is 16.4. The summed E-state index contributed by atoms with van der Waals surface area (Å²) in [7, 11) is 0. The van der Waals surface area contributed by atoms with Gasteiger partial charge in [0.15, 0.2) is 0 Å². The van der Waals surface area contributed by atoms with Gasteiger partial charge in [-0.1, -0.05) is 0 Å². The Hall–Kier alpha value is -1.65. The van der Waals surface area contributed by atoms with Crippen LogP contribution in [0.5, 0.6) is 0 Å². The number of carbonyl (C=O) groups is 1. The fourth-order valence-electron chi connectivity index (χ4n) is 2.43. The zero-order valence-corrected chi connectivity index (χ0v) is 10.5. The Kier molecular flexibility index (Phi) is 2.69. The minimum absolute atomic E-state index is 0.260. The summed E-state index contributed by atoms with van der Waals surface area (Å²) in [6, 6.07) is 1.95. The van der Waals surface area contributed by atoms with Gasteiger partial charge in [0.1, 0.15) is 11.6 Å². The van der Waals surface area contributed by atoms with E-state index >= 15 is 0 Å². The number of anilines is 1. The van der Waals surface area contributed by atoms with Gasteiger partial charge in [0.25, 0.3) is 0 Å². The van der Waals surface area contributed by atoms with Gasteiger partial charge in [0.2, 0.25) is 0 Å². The molecule has 0 bridgehead atoms. The van der Waals surface area contributed by atoms with E-state index in [1.165, 1.54) is 12.8 Å². The van der Waals surface area contributed by atoms with Crippen molar-refractivity contribution < 1.29 is 9.90 Å². The second-order valence-electron chi connectivity index (χ2n) is 5.27. The third kappa shape index (κ3) is 2.17. The first-order chi connectivity index (χ1) is 8.63. The van der Waals surface area contributed by atoms with E-state index in [2.05, 4.69) is 14.9 Å². The van der Waals surface area contributed by atoms with Crippen LogP contribution in [-0.4, -0.2) is 34.1 Å². The second-order valence-corrected chi connectivity index (χ2v) is 5.27. The predicted molar refractivity (Wildman–Crippen MR) is 66.7 cm³/mol. The molecule has 2 aliphatic rings. The topological polar surface area (TPSA) is 66.3 Å². The van der Waals surface area contributed by atoms with Gasteiger partial charge in [-0.25, -0.2) is 9.97 Å². The second kappa shape index (κ2) is 4.23. The highest BCUT2D eigenvalue weighted by Crippen LogP contribution is 2.38. The van der Waals surface area contributed by atoms with Gasteiger partial charge in [-0.2, -0.15) is 0 Å². The molecule has 5 nitrogen and oxygen atoms in total. The molecule has 1 aromatic rings. The van der Waals surface area contributed by atoms with Gasteiger partial charge in [0, 0.05) is 30.8 Å². The lowest BCUT2D eigenvalue weighted by Gasteiger charge is -2.18. The van der Waals surface area contributed by atoms with E-state index in [4.69, 9.17) is 5.11 Å². The van der Waals surface area contributed by atoms with Crippen LogP contribution in [0.2, 0.25) is 0 Å². The molecule has 1 aliphatic heterocycles. The smallest absolute Gasteiger partial charge is 0.308 e. The van der Waals surface area contributed by atoms with Crippen molar-refractivity contribution >= 4 is 11.8 Å². The van der Waals surface area contributed by atoms with Crippen LogP contribution in [0.1, 0.15) is 36.7 Å². The molecule has 0 spiro atoms. The SMILES string of the molecule is Cc1cc(N2CC[C@H](C(=O)O)C2)nc(C2CC2)n1. The molecule has 96 valence electrons. The summed E-state index contributed by atoms with van der Waals surface area (Å²) in [6.07, 6.45) is 3.07. The molecule has 0 unspecified atom stereocenters. The average molecular weight is 247 g/mol. The van der Waals surface area contributed by atoms with Crippen LogP contribution in [0.25, 0.3) is 0 Å². The molecule has 1 saturated heterocycles. The number of aryl methyl sites for hydroxylation is 1. The molecular formula is C13H17N3O2. The first-order valence-electron chi connectivity index (χ1n) is 6.47. The lowest BCUT2D eigenvalue weighted by Crippen LogP contribution is -2.24. The van der Waals surface area contributed by atoms with Gasteiger partial charge in [-0.3, -0.25) is 4.79 Å². The van der Waals surface area contributed by atoms with Gasteiger partial charge in [-0.05, 0) is 26.2 Å². The van der Waals surface area contributed by atoms with Crippen molar-refractivity contribution in [3.05, 3.63) is 17.6 Å². The van der Waals surface area contributed by atoms with Crippen molar-refractivity contribution in [1.29, 1.82) is 0 Å². The molecule has 2 fully saturated rings. The van der Waals surface area contributed by atoms with Gasteiger partial charge in [-0.15, -0.1) is 0 Å². The van der Waals surface area contributed by atoms with Crippen molar-refractivity contribution in [3.63, 3.8) is 0 Å². The predicted octanol–water partition coefficient (Wildman–Crippen LogP) is 1.57. The normalized spacial score (nSPS) is 23.4. The van der Waals surface area contributed by atoms with Gasteiger partial charge < -0.3 is 10.0 Å². The minimum Gasteiger partial charge on any atom is -0.481 e. The van der Waals surface area contributed by atoms with Gasteiger partial charge >= 0.3 is 5.97 Å². The third-order valence-electron chi connectivity index (χ3n) is 3.66. The van der Waals surface area contributed by atoms with Crippen LogP contribution in [0, 0.1) is 12.8 Å². The quantitative estimate of drug-likeness (QED) is 0.878. The standard InChI is InChI=1S/C13H17N3O2/c1-8-6-11(15-12(14-8)9-2-3-9)16-5-4-10(7-16)13(17)18/h6,9-10H,2-5,7H2,1H3,(H,17,18)/t10-/m0/s1. The molecule has 1 N–H and O–H groups in total. The number of aromatic nitrogens is 2. The zero-order valence-electron chi connectivity index (χ0n) is 10.5. The molecule has 2 heterocycles. The van der Waals surface area contributed by atoms with Crippen molar-refractivity contribution in [2.75, 3.05) is 18.0 Å². The largest absolute Gasteiger partial charge is 0.481 e. The van der Waals surface area contributed by atoms with Crippen molar-refractivity contribution in [3.8, 4) is 0 Å². The van der Waals surface area contributed by atoms with E-state index in [1.54, 1.807) is 0 Å². The summed E-state index contributed by atoms with van der Waals surface area (Å²) < 4.78 is 0. The molecule has 1 aliphatic carbocycles. The van der Waals surface area contributed by atoms with E-state index in [9.17, 15) is 4.79 Å². The number of nitrogens with zero attached hydrogens (tertiary/aromatic N) is 3. The lowest BCUT2D eigenvalue weighted by atomic mass is 10.1. The number of aliphatic carboxylic acids is 1. The molecule has 0 aromatic carbocycles. The Balaban J connectivity index is 1.81. The number of carboxylic acids is 1. The van der Waals surface area contributed by atoms with Crippen LogP contribution in [0.4, 0.5) is 5.82 Å². The van der Waals surface area contributed by atoms with E-state index < -0.39 is 5.97 Å².